The molecule has 0 radical (unpaired) electrons. The zero-order valence-corrected chi connectivity index (χ0v) is 19.5. The number of anilines is 1. The van der Waals surface area contributed by atoms with Crippen LogP contribution in [0.4, 0.5) is 5.69 Å². The van der Waals surface area contributed by atoms with Crippen LogP contribution in [0.25, 0.3) is 0 Å². The number of amides is 1. The Labute approximate surface area is 186 Å². The highest BCUT2D eigenvalue weighted by atomic mass is 32.2. The van der Waals surface area contributed by atoms with Crippen LogP contribution in [0.2, 0.25) is 0 Å². The molecule has 11 heteroatoms. The van der Waals surface area contributed by atoms with Crippen LogP contribution < -0.4 is 24.2 Å². The third kappa shape index (κ3) is 5.48. The lowest BCUT2D eigenvalue weighted by molar-refractivity contribution is -0.117. The monoisotopic (exact) mass is 466 g/mol. The Hall–Kier alpha value is -3.31. The quantitative estimate of drug-likeness (QED) is 0.538. The first-order valence-electron chi connectivity index (χ1n) is 9.40. The molecule has 0 heterocycles. The number of sulfonamides is 1. The van der Waals surface area contributed by atoms with Crippen LogP contribution in [0.3, 0.4) is 0 Å². The van der Waals surface area contributed by atoms with Gasteiger partial charge in [0, 0.05) is 12.1 Å². The van der Waals surface area contributed by atoms with E-state index in [9.17, 15) is 18.0 Å². The zero-order chi connectivity index (χ0) is 24.1. The molecule has 2 N–H and O–H groups in total. The van der Waals surface area contributed by atoms with Crippen molar-refractivity contribution in [3.8, 4) is 17.2 Å². The number of hydrogen-bond donors (Lipinski definition) is 2. The minimum atomic E-state index is -4.00. The molecule has 0 aliphatic rings. The minimum absolute atomic E-state index is 0.0133. The number of esters is 1. The molecule has 32 heavy (non-hydrogen) atoms. The Bertz CT molecular complexity index is 1120. The summed E-state index contributed by atoms with van der Waals surface area (Å²) in [6.07, 6.45) is 0. The first kappa shape index (κ1) is 25.0. The van der Waals surface area contributed by atoms with Crippen molar-refractivity contribution in [3.63, 3.8) is 0 Å². The standard InChI is InChI=1S/C21H26N2O8S/c1-12-9-14(7-8-17(12)28-3)32(26,27)23-13(2)20(24)22-16-11-19(30-5)18(29-4)10-15(16)21(25)31-6/h7-11,13,23H,1-6H3,(H,22,24)/t13-/m1/s1. The number of aryl methyl sites for hydroxylation is 1. The number of carbonyl (C=O) groups is 2. The molecule has 1 amide bonds. The van der Waals surface area contributed by atoms with E-state index in [2.05, 4.69) is 10.0 Å². The van der Waals surface area contributed by atoms with E-state index in [1.54, 1.807) is 6.92 Å². The molecule has 0 spiro atoms. The average Bonchev–Trinajstić information content (AvgIpc) is 2.77. The number of ether oxygens (including phenoxy) is 4. The Morgan fingerprint density at radius 2 is 1.50 bits per heavy atom. The summed E-state index contributed by atoms with van der Waals surface area (Å²) in [6, 6.07) is 5.92. The maximum Gasteiger partial charge on any atom is 0.340 e. The van der Waals surface area contributed by atoms with Crippen LogP contribution in [0.1, 0.15) is 22.8 Å². The number of nitrogens with one attached hydrogen (secondary N) is 2. The van der Waals surface area contributed by atoms with Gasteiger partial charge >= 0.3 is 5.97 Å². The number of hydrogen-bond acceptors (Lipinski definition) is 8. The molecular weight excluding hydrogens is 440 g/mol. The van der Waals surface area contributed by atoms with Crippen molar-refractivity contribution in [2.24, 2.45) is 0 Å². The van der Waals surface area contributed by atoms with Gasteiger partial charge in [-0.3, -0.25) is 4.79 Å². The molecule has 2 aromatic rings. The summed E-state index contributed by atoms with van der Waals surface area (Å²) in [6.45, 7) is 3.08. The van der Waals surface area contributed by atoms with Gasteiger partial charge in [-0.1, -0.05) is 0 Å². The fraction of sp³-hybridized carbons (Fsp3) is 0.333. The predicted molar refractivity (Wildman–Crippen MR) is 117 cm³/mol. The van der Waals surface area contributed by atoms with Gasteiger partial charge in [0.25, 0.3) is 0 Å². The van der Waals surface area contributed by atoms with E-state index in [1.165, 1.54) is 65.7 Å². The van der Waals surface area contributed by atoms with Gasteiger partial charge in [-0.25, -0.2) is 13.2 Å². The molecule has 0 unspecified atom stereocenters. The Morgan fingerprint density at radius 1 is 0.906 bits per heavy atom. The van der Waals surface area contributed by atoms with Gasteiger partial charge in [0.15, 0.2) is 11.5 Å². The number of rotatable bonds is 9. The zero-order valence-electron chi connectivity index (χ0n) is 18.6. The fourth-order valence-electron chi connectivity index (χ4n) is 2.87. The van der Waals surface area contributed by atoms with Crippen LogP contribution in [-0.2, 0) is 19.6 Å². The van der Waals surface area contributed by atoms with Gasteiger partial charge in [0.05, 0.1) is 50.6 Å². The molecule has 0 fully saturated rings. The molecule has 0 saturated heterocycles. The summed E-state index contributed by atoms with van der Waals surface area (Å²) >= 11 is 0. The molecule has 0 saturated carbocycles. The molecular formula is C21H26N2O8S. The third-order valence-electron chi connectivity index (χ3n) is 4.59. The lowest BCUT2D eigenvalue weighted by atomic mass is 10.1. The Balaban J connectivity index is 2.28. The number of carbonyl (C=O) groups excluding carboxylic acids is 2. The van der Waals surface area contributed by atoms with Crippen molar-refractivity contribution >= 4 is 27.6 Å². The Morgan fingerprint density at radius 3 is 2.03 bits per heavy atom. The summed E-state index contributed by atoms with van der Waals surface area (Å²) in [5.74, 6) is -0.357. The number of benzene rings is 2. The van der Waals surface area contributed by atoms with E-state index in [0.29, 0.717) is 11.3 Å². The molecule has 2 aromatic carbocycles. The van der Waals surface area contributed by atoms with Crippen molar-refractivity contribution in [3.05, 3.63) is 41.5 Å². The highest BCUT2D eigenvalue weighted by Gasteiger charge is 2.25. The molecule has 0 aromatic heterocycles. The third-order valence-corrected chi connectivity index (χ3v) is 6.13. The smallest absolute Gasteiger partial charge is 0.340 e. The number of methoxy groups -OCH3 is 4. The van der Waals surface area contributed by atoms with E-state index in [4.69, 9.17) is 18.9 Å². The van der Waals surface area contributed by atoms with E-state index < -0.39 is 27.9 Å². The van der Waals surface area contributed by atoms with Gasteiger partial charge in [-0.05, 0) is 37.6 Å². The van der Waals surface area contributed by atoms with E-state index in [0.717, 1.165) is 0 Å². The second kappa shape index (κ2) is 10.3. The van der Waals surface area contributed by atoms with Crippen molar-refractivity contribution in [2.45, 2.75) is 24.8 Å². The van der Waals surface area contributed by atoms with Crippen LogP contribution in [0.5, 0.6) is 17.2 Å². The topological polar surface area (TPSA) is 129 Å². The van der Waals surface area contributed by atoms with Crippen LogP contribution in [-0.4, -0.2) is 54.8 Å². The SMILES string of the molecule is COC(=O)c1cc(OC)c(OC)cc1NC(=O)[C@@H](C)NS(=O)(=O)c1ccc(OC)c(C)c1. The molecule has 0 aliphatic carbocycles. The summed E-state index contributed by atoms with van der Waals surface area (Å²) in [4.78, 5) is 24.9. The first-order valence-corrected chi connectivity index (χ1v) is 10.9. The van der Waals surface area contributed by atoms with Gasteiger partial charge in [-0.2, -0.15) is 4.72 Å². The largest absolute Gasteiger partial charge is 0.496 e. The van der Waals surface area contributed by atoms with Crippen molar-refractivity contribution < 1.29 is 37.0 Å². The fourth-order valence-corrected chi connectivity index (χ4v) is 4.16. The molecule has 2 rings (SSSR count). The molecule has 174 valence electrons. The van der Waals surface area contributed by atoms with Crippen LogP contribution >= 0.6 is 0 Å². The maximum atomic E-state index is 12.7. The van der Waals surface area contributed by atoms with Crippen LogP contribution in [0, 0.1) is 6.92 Å². The first-order chi connectivity index (χ1) is 15.1. The predicted octanol–water partition coefficient (Wildman–Crippen LogP) is 2.11. The maximum absolute atomic E-state index is 12.7. The summed E-state index contributed by atoms with van der Waals surface area (Å²) in [5.41, 5.74) is 0.714. The van der Waals surface area contributed by atoms with E-state index in [1.807, 2.05) is 0 Å². The van der Waals surface area contributed by atoms with Gasteiger partial charge < -0.3 is 24.3 Å². The van der Waals surface area contributed by atoms with Gasteiger partial charge in [-0.15, -0.1) is 0 Å². The van der Waals surface area contributed by atoms with Crippen LogP contribution in [0.15, 0.2) is 35.2 Å². The highest BCUT2D eigenvalue weighted by Crippen LogP contribution is 2.34. The second-order valence-electron chi connectivity index (χ2n) is 6.71. The lowest BCUT2D eigenvalue weighted by Crippen LogP contribution is -2.41. The summed E-state index contributed by atoms with van der Waals surface area (Å²) in [5, 5.41) is 2.53. The van der Waals surface area contributed by atoms with Gasteiger partial charge in [0.1, 0.15) is 5.75 Å². The average molecular weight is 467 g/mol. The summed E-state index contributed by atoms with van der Waals surface area (Å²) in [7, 11) is 1.47. The normalized spacial score (nSPS) is 11.9. The van der Waals surface area contributed by atoms with Gasteiger partial charge in [0.2, 0.25) is 15.9 Å². The summed E-state index contributed by atoms with van der Waals surface area (Å²) < 4.78 is 48.0. The van der Waals surface area contributed by atoms with Crippen molar-refractivity contribution in [1.82, 2.24) is 4.72 Å². The van der Waals surface area contributed by atoms with Crippen molar-refractivity contribution in [1.29, 1.82) is 0 Å². The Kier molecular flexibility index (Phi) is 8.06. The molecule has 0 aliphatic heterocycles. The molecule has 0 bridgehead atoms. The minimum Gasteiger partial charge on any atom is -0.496 e. The van der Waals surface area contributed by atoms with Crippen molar-refractivity contribution in [2.75, 3.05) is 33.8 Å². The highest BCUT2D eigenvalue weighted by molar-refractivity contribution is 7.89. The second-order valence-corrected chi connectivity index (χ2v) is 8.42. The lowest BCUT2D eigenvalue weighted by Gasteiger charge is -2.18. The molecule has 1 atom stereocenters. The molecule has 10 nitrogen and oxygen atoms in total. The van der Waals surface area contributed by atoms with E-state index >= 15 is 0 Å². The van der Waals surface area contributed by atoms with E-state index in [-0.39, 0.29) is 27.6 Å².